The highest BCUT2D eigenvalue weighted by Gasteiger charge is 2.10. The van der Waals surface area contributed by atoms with Gasteiger partial charge in [-0.3, -0.25) is 0 Å². The van der Waals surface area contributed by atoms with Crippen LogP contribution in [0.3, 0.4) is 0 Å². The highest BCUT2D eigenvalue weighted by Crippen LogP contribution is 2.22. The van der Waals surface area contributed by atoms with Gasteiger partial charge >= 0.3 is 0 Å². The molecule has 0 spiro atoms. The van der Waals surface area contributed by atoms with E-state index in [1.807, 2.05) is 20.5 Å². The van der Waals surface area contributed by atoms with Gasteiger partial charge in [-0.15, -0.1) is 9.24 Å². The van der Waals surface area contributed by atoms with Crippen LogP contribution in [0.1, 0.15) is 46.0 Å². The third-order valence-corrected chi connectivity index (χ3v) is 1.98. The Morgan fingerprint density at radius 2 is 1.50 bits per heavy atom. The van der Waals surface area contributed by atoms with Crippen LogP contribution in [-0.2, 0) is 0 Å². The maximum absolute atomic E-state index is 8.69. The highest BCUT2D eigenvalue weighted by molar-refractivity contribution is 7.15. The van der Waals surface area contributed by atoms with Gasteiger partial charge in [0.15, 0.2) is 0 Å². The van der Waals surface area contributed by atoms with Crippen molar-refractivity contribution in [2.45, 2.75) is 46.0 Å². The second kappa shape index (κ2) is 13.9. The van der Waals surface area contributed by atoms with Gasteiger partial charge in [0.2, 0.25) is 0 Å². The number of hydrogen-bond donors (Lipinski definition) is 1. The molecule has 1 N–H and O–H groups in total. The minimum Gasteiger partial charge on any atom is -0.396 e. The van der Waals surface area contributed by atoms with Gasteiger partial charge in [-0.2, -0.15) is 0 Å². The van der Waals surface area contributed by atoms with E-state index in [-0.39, 0.29) is 0 Å². The zero-order chi connectivity index (χ0) is 9.82. The van der Waals surface area contributed by atoms with E-state index in [1.54, 1.807) is 0 Å². The summed E-state index contributed by atoms with van der Waals surface area (Å²) < 4.78 is 0. The highest BCUT2D eigenvalue weighted by atomic mass is 31.0. The first-order valence-electron chi connectivity index (χ1n) is 5.12. The largest absolute Gasteiger partial charge is 0.396 e. The van der Waals surface area contributed by atoms with Gasteiger partial charge in [0, 0.05) is 6.61 Å². The first kappa shape index (κ1) is 14.9. The number of rotatable bonds is 1. The predicted molar refractivity (Wildman–Crippen MR) is 60.6 cm³/mol. The molecule has 0 aromatic carbocycles. The molecule has 1 saturated carbocycles. The molecule has 0 aliphatic heterocycles. The third-order valence-electron chi connectivity index (χ3n) is 1.98. The smallest absolute Gasteiger partial charge is 0.0459 e. The fourth-order valence-electron chi connectivity index (χ4n) is 1.37. The quantitative estimate of drug-likeness (QED) is 0.633. The Labute approximate surface area is 80.2 Å². The molecule has 0 aromatic heterocycles. The molecule has 12 heavy (non-hydrogen) atoms. The minimum absolute atomic E-state index is 0.417. The summed E-state index contributed by atoms with van der Waals surface area (Å²) in [7, 11) is 2.42. The Hall–Kier alpha value is 0.390. The molecule has 76 valence electrons. The average molecular weight is 192 g/mol. The number of aliphatic hydroxyl groups is 1. The third kappa shape index (κ3) is 8.49. The van der Waals surface area contributed by atoms with E-state index < -0.39 is 0 Å². The second-order valence-electron chi connectivity index (χ2n) is 2.69. The first-order chi connectivity index (χ1) is 5.93. The van der Waals surface area contributed by atoms with Crippen LogP contribution in [0.15, 0.2) is 0 Å². The van der Waals surface area contributed by atoms with Crippen LogP contribution in [0.25, 0.3) is 0 Å². The van der Waals surface area contributed by atoms with E-state index in [0.29, 0.717) is 12.5 Å². The lowest BCUT2D eigenvalue weighted by Gasteiger charge is -2.18. The van der Waals surface area contributed by atoms with Crippen LogP contribution >= 0.6 is 9.24 Å². The van der Waals surface area contributed by atoms with Crippen molar-refractivity contribution < 1.29 is 5.11 Å². The van der Waals surface area contributed by atoms with Crippen molar-refractivity contribution in [2.24, 2.45) is 5.92 Å². The van der Waals surface area contributed by atoms with Gasteiger partial charge in [0.25, 0.3) is 0 Å². The Kier molecular flexibility index (Phi) is 17.3. The molecule has 2 heteroatoms. The molecule has 0 heterocycles. The normalized spacial score (nSPS) is 16.8. The molecular weight excluding hydrogens is 167 g/mol. The predicted octanol–water partition coefficient (Wildman–Crippen LogP) is 3.08. The summed E-state index contributed by atoms with van der Waals surface area (Å²) in [6.45, 7) is 6.33. The standard InChI is InChI=1S/C7H14O.C2H6.CH5P/c8-6-7-4-2-1-3-5-7;2*1-2/h7-8H,1-6H2;1-2H3;2H2,1H3. The summed E-state index contributed by atoms with van der Waals surface area (Å²) in [5, 5.41) is 8.69. The summed E-state index contributed by atoms with van der Waals surface area (Å²) in [4.78, 5) is 0. The molecular formula is C10H25OP. The molecule has 1 aliphatic rings. The zero-order valence-corrected chi connectivity index (χ0v) is 10.00. The SMILES string of the molecule is CC.CP.OCC1CCCCC1. The van der Waals surface area contributed by atoms with E-state index >= 15 is 0 Å². The van der Waals surface area contributed by atoms with Crippen molar-refractivity contribution in [1.29, 1.82) is 0 Å². The lowest BCUT2D eigenvalue weighted by atomic mass is 9.90. The lowest BCUT2D eigenvalue weighted by Crippen LogP contribution is -2.09. The van der Waals surface area contributed by atoms with Crippen molar-refractivity contribution in [1.82, 2.24) is 0 Å². The van der Waals surface area contributed by atoms with Gasteiger partial charge in [0.05, 0.1) is 0 Å². The van der Waals surface area contributed by atoms with Gasteiger partial charge in [-0.25, -0.2) is 0 Å². The van der Waals surface area contributed by atoms with Crippen molar-refractivity contribution in [3.63, 3.8) is 0 Å². The molecule has 0 aromatic rings. The molecule has 0 bridgehead atoms. The van der Waals surface area contributed by atoms with Crippen LogP contribution in [0, 0.1) is 5.92 Å². The van der Waals surface area contributed by atoms with E-state index in [2.05, 4.69) is 9.24 Å². The van der Waals surface area contributed by atoms with E-state index in [4.69, 9.17) is 5.11 Å². The molecule has 0 saturated heterocycles. The zero-order valence-electron chi connectivity index (χ0n) is 8.84. The summed E-state index contributed by atoms with van der Waals surface area (Å²) in [5.41, 5.74) is 0. The van der Waals surface area contributed by atoms with Crippen molar-refractivity contribution in [3.05, 3.63) is 0 Å². The minimum atomic E-state index is 0.417. The fourth-order valence-corrected chi connectivity index (χ4v) is 1.37. The monoisotopic (exact) mass is 192 g/mol. The second-order valence-corrected chi connectivity index (χ2v) is 2.69. The number of hydrogen-bond acceptors (Lipinski definition) is 1. The van der Waals surface area contributed by atoms with Gasteiger partial charge < -0.3 is 5.11 Å². The Morgan fingerprint density at radius 1 is 1.08 bits per heavy atom. The molecule has 1 aliphatic carbocycles. The van der Waals surface area contributed by atoms with Crippen molar-refractivity contribution >= 4 is 9.24 Å². The van der Waals surface area contributed by atoms with Gasteiger partial charge in [-0.1, -0.05) is 39.8 Å². The summed E-state index contributed by atoms with van der Waals surface area (Å²) in [6.07, 6.45) is 6.58. The van der Waals surface area contributed by atoms with E-state index in [9.17, 15) is 0 Å². The van der Waals surface area contributed by atoms with Gasteiger partial charge in [0.1, 0.15) is 0 Å². The van der Waals surface area contributed by atoms with Crippen molar-refractivity contribution in [2.75, 3.05) is 13.3 Å². The van der Waals surface area contributed by atoms with Crippen LogP contribution in [0.5, 0.6) is 0 Å². The summed E-state index contributed by atoms with van der Waals surface area (Å²) >= 11 is 0. The first-order valence-corrected chi connectivity index (χ1v) is 6.27. The molecule has 0 amide bonds. The Morgan fingerprint density at radius 3 is 1.75 bits per heavy atom. The van der Waals surface area contributed by atoms with Crippen molar-refractivity contribution in [3.8, 4) is 0 Å². The van der Waals surface area contributed by atoms with Crippen LogP contribution in [-0.4, -0.2) is 18.4 Å². The maximum atomic E-state index is 8.69. The molecule has 1 unspecified atom stereocenters. The topological polar surface area (TPSA) is 20.2 Å². The van der Waals surface area contributed by atoms with E-state index in [1.165, 1.54) is 32.1 Å². The molecule has 0 radical (unpaired) electrons. The van der Waals surface area contributed by atoms with E-state index in [0.717, 1.165) is 0 Å². The number of aliphatic hydroxyl groups excluding tert-OH is 1. The average Bonchev–Trinajstić information content (AvgIpc) is 2.25. The van der Waals surface area contributed by atoms with Crippen LogP contribution in [0.4, 0.5) is 0 Å². The molecule has 1 rings (SSSR count). The van der Waals surface area contributed by atoms with Crippen LogP contribution < -0.4 is 0 Å². The summed E-state index contributed by atoms with van der Waals surface area (Å²) in [5.74, 6) is 0.642. The maximum Gasteiger partial charge on any atom is 0.0459 e. The Bertz CT molecular complexity index is 60.9. The van der Waals surface area contributed by atoms with Gasteiger partial charge in [-0.05, 0) is 18.8 Å². The summed E-state index contributed by atoms with van der Waals surface area (Å²) in [6, 6.07) is 0. The van der Waals surface area contributed by atoms with Crippen LogP contribution in [0.2, 0.25) is 0 Å². The Balaban J connectivity index is 0. The molecule has 1 fully saturated rings. The molecule has 1 nitrogen and oxygen atoms in total. The molecule has 1 atom stereocenters. The lowest BCUT2D eigenvalue weighted by molar-refractivity contribution is 0.190. The fraction of sp³-hybridized carbons (Fsp3) is 1.00.